The summed E-state index contributed by atoms with van der Waals surface area (Å²) in [6.07, 6.45) is 20.6. The van der Waals surface area contributed by atoms with E-state index >= 15 is 0 Å². The number of hydrogen-bond acceptors (Lipinski definition) is 2. The Bertz CT molecular complexity index is 680. The van der Waals surface area contributed by atoms with Gasteiger partial charge in [0, 0.05) is 12.7 Å². The van der Waals surface area contributed by atoms with Gasteiger partial charge in [-0.15, -0.1) is 0 Å². The van der Waals surface area contributed by atoms with Gasteiger partial charge in [-0.2, -0.15) is 5.26 Å². The maximum atomic E-state index is 8.52. The number of benzene rings is 1. The van der Waals surface area contributed by atoms with Crippen molar-refractivity contribution in [2.45, 2.75) is 83.2 Å². The van der Waals surface area contributed by atoms with Gasteiger partial charge in [-0.05, 0) is 86.7 Å². The van der Waals surface area contributed by atoms with Crippen molar-refractivity contribution in [3.05, 3.63) is 59.7 Å². The van der Waals surface area contributed by atoms with E-state index in [4.69, 9.17) is 10.00 Å². The van der Waals surface area contributed by atoms with Crippen LogP contribution in [0.15, 0.2) is 48.6 Å². The van der Waals surface area contributed by atoms with E-state index in [1.807, 2.05) is 18.2 Å². The minimum absolute atomic E-state index is 0.472. The molecule has 0 aromatic heterocycles. The topological polar surface area (TPSA) is 33.0 Å². The summed E-state index contributed by atoms with van der Waals surface area (Å²) < 4.78 is 6.34. The highest BCUT2D eigenvalue weighted by molar-refractivity contribution is 5.26. The van der Waals surface area contributed by atoms with Crippen LogP contribution in [0.5, 0.6) is 0 Å². The highest BCUT2D eigenvalue weighted by Gasteiger charge is 2.25. The summed E-state index contributed by atoms with van der Waals surface area (Å²) >= 11 is 0. The predicted molar refractivity (Wildman–Crippen MR) is 121 cm³/mol. The van der Waals surface area contributed by atoms with Gasteiger partial charge in [-0.3, -0.25) is 0 Å². The van der Waals surface area contributed by atoms with Crippen molar-refractivity contribution >= 4 is 0 Å². The first-order valence-electron chi connectivity index (χ1n) is 11.7. The van der Waals surface area contributed by atoms with Crippen LogP contribution in [0.25, 0.3) is 0 Å². The number of hydrogen-bond donors (Lipinski definition) is 0. The third-order valence-corrected chi connectivity index (χ3v) is 6.79. The van der Waals surface area contributed by atoms with E-state index in [2.05, 4.69) is 37.3 Å². The van der Waals surface area contributed by atoms with Crippen LogP contribution in [0.2, 0.25) is 0 Å². The Kier molecular flexibility index (Phi) is 9.03. The van der Waals surface area contributed by atoms with Crippen LogP contribution in [0.3, 0.4) is 0 Å². The van der Waals surface area contributed by atoms with Crippen molar-refractivity contribution in [2.24, 2.45) is 11.8 Å². The second kappa shape index (κ2) is 12.0. The molecule has 156 valence electrons. The highest BCUT2D eigenvalue weighted by Crippen LogP contribution is 2.35. The molecule has 0 aliphatic heterocycles. The molecule has 0 amide bonds. The summed E-state index contributed by atoms with van der Waals surface area (Å²) in [4.78, 5) is 0. The van der Waals surface area contributed by atoms with Crippen LogP contribution in [0.4, 0.5) is 0 Å². The molecule has 2 aliphatic carbocycles. The Morgan fingerprint density at radius 1 is 0.966 bits per heavy atom. The van der Waals surface area contributed by atoms with Gasteiger partial charge >= 0.3 is 0 Å². The zero-order chi connectivity index (χ0) is 20.3. The van der Waals surface area contributed by atoms with Crippen LogP contribution in [0, 0.1) is 23.2 Å². The molecule has 0 radical (unpaired) electrons. The third-order valence-electron chi connectivity index (χ3n) is 6.79. The minimum atomic E-state index is 0.472. The van der Waals surface area contributed by atoms with E-state index in [0.717, 1.165) is 18.4 Å². The lowest BCUT2D eigenvalue weighted by Crippen LogP contribution is -2.25. The number of ether oxygens (including phenoxy) is 1. The molecule has 0 bridgehead atoms. The van der Waals surface area contributed by atoms with Crippen molar-refractivity contribution < 1.29 is 4.74 Å². The van der Waals surface area contributed by atoms with E-state index in [1.54, 1.807) is 0 Å². The van der Waals surface area contributed by atoms with Crippen molar-refractivity contribution in [2.75, 3.05) is 6.61 Å². The molecule has 2 nitrogen and oxygen atoms in total. The van der Waals surface area contributed by atoms with Crippen LogP contribution in [0.1, 0.15) is 81.8 Å². The summed E-state index contributed by atoms with van der Waals surface area (Å²) in [5.41, 5.74) is 3.00. The number of allylic oxidation sites excluding steroid dienone is 4. The van der Waals surface area contributed by atoms with Gasteiger partial charge in [-0.25, -0.2) is 0 Å². The van der Waals surface area contributed by atoms with E-state index in [1.165, 1.54) is 81.4 Å². The molecule has 1 aromatic carbocycles. The zero-order valence-electron chi connectivity index (χ0n) is 18.1. The third kappa shape index (κ3) is 7.16. The van der Waals surface area contributed by atoms with E-state index in [0.29, 0.717) is 12.0 Å². The minimum Gasteiger partial charge on any atom is -0.378 e. The van der Waals surface area contributed by atoms with Crippen LogP contribution in [-0.4, -0.2) is 12.7 Å². The van der Waals surface area contributed by atoms with Gasteiger partial charge in [0.05, 0.1) is 12.2 Å². The average Bonchev–Trinajstić information content (AvgIpc) is 2.77. The monoisotopic (exact) mass is 391 g/mol. The molecule has 0 N–H and O–H groups in total. The first-order valence-corrected chi connectivity index (χ1v) is 11.7. The molecule has 1 aromatic rings. The molecule has 0 unspecified atom stereocenters. The largest absolute Gasteiger partial charge is 0.378 e. The van der Waals surface area contributed by atoms with Gasteiger partial charge in [-0.1, -0.05) is 55.8 Å². The Morgan fingerprint density at radius 3 is 2.34 bits per heavy atom. The van der Waals surface area contributed by atoms with Gasteiger partial charge in [0.15, 0.2) is 0 Å². The Labute approximate surface area is 177 Å². The average molecular weight is 392 g/mol. The summed E-state index contributed by atoms with van der Waals surface area (Å²) in [5, 5.41) is 8.52. The molecule has 0 saturated heterocycles. The van der Waals surface area contributed by atoms with Crippen molar-refractivity contribution in [3.8, 4) is 6.07 Å². The second-order valence-corrected chi connectivity index (χ2v) is 8.95. The number of aryl methyl sites for hydroxylation is 1. The lowest BCUT2D eigenvalue weighted by atomic mass is 9.81. The Balaban J connectivity index is 1.33. The fourth-order valence-corrected chi connectivity index (χ4v) is 4.95. The van der Waals surface area contributed by atoms with E-state index in [-0.39, 0.29) is 0 Å². The fraction of sp³-hybridized carbons (Fsp3) is 0.593. The lowest BCUT2D eigenvalue weighted by Gasteiger charge is -2.32. The standard InChI is InChI=1S/C27H37NO/c1-2-6-22-12-14-25(15-13-22)26-16-18-27(19-17-26)29-21-24-10-8-23(9-11-24)7-4-3-5-20-28/h3-5,7,12-15,23-24,26-27H,2,6,8-11,16-19,21H2,1H3/t23-,24-,26-,27-. The van der Waals surface area contributed by atoms with Crippen LogP contribution in [-0.2, 0) is 11.2 Å². The normalized spacial score (nSPS) is 28.0. The summed E-state index contributed by atoms with van der Waals surface area (Å²) in [6, 6.07) is 11.4. The Hall–Kier alpha value is -1.85. The zero-order valence-corrected chi connectivity index (χ0v) is 18.1. The second-order valence-electron chi connectivity index (χ2n) is 8.95. The van der Waals surface area contributed by atoms with Gasteiger partial charge in [0.2, 0.25) is 0 Å². The summed E-state index contributed by atoms with van der Waals surface area (Å²) in [5.74, 6) is 2.13. The van der Waals surface area contributed by atoms with E-state index in [9.17, 15) is 0 Å². The molecule has 3 rings (SSSR count). The molecule has 2 fully saturated rings. The lowest BCUT2D eigenvalue weighted by molar-refractivity contribution is -0.00337. The molecule has 0 heterocycles. The number of nitriles is 1. The van der Waals surface area contributed by atoms with Gasteiger partial charge in [0.1, 0.15) is 0 Å². The maximum Gasteiger partial charge on any atom is 0.0912 e. The van der Waals surface area contributed by atoms with E-state index < -0.39 is 0 Å². The molecule has 29 heavy (non-hydrogen) atoms. The quantitative estimate of drug-likeness (QED) is 0.349. The number of nitrogens with zero attached hydrogens (tertiary/aromatic N) is 1. The molecular weight excluding hydrogens is 354 g/mol. The molecule has 0 spiro atoms. The van der Waals surface area contributed by atoms with Gasteiger partial charge in [0.25, 0.3) is 0 Å². The molecule has 2 saturated carbocycles. The fourth-order valence-electron chi connectivity index (χ4n) is 4.95. The predicted octanol–water partition coefficient (Wildman–Crippen LogP) is 7.12. The van der Waals surface area contributed by atoms with Crippen LogP contribution < -0.4 is 0 Å². The SMILES string of the molecule is CCCc1ccc([C@H]2CC[C@H](OC[C@H]3CC[C@H](C=CC=CC#N)CC3)CC2)cc1. The molecular formula is C27H37NO. The Morgan fingerprint density at radius 2 is 1.69 bits per heavy atom. The first kappa shape index (κ1) is 21.8. The highest BCUT2D eigenvalue weighted by atomic mass is 16.5. The van der Waals surface area contributed by atoms with Gasteiger partial charge < -0.3 is 4.74 Å². The summed E-state index contributed by atoms with van der Waals surface area (Å²) in [7, 11) is 0. The first-order chi connectivity index (χ1) is 14.3. The molecule has 2 heteroatoms. The van der Waals surface area contributed by atoms with Crippen molar-refractivity contribution in [1.82, 2.24) is 0 Å². The smallest absolute Gasteiger partial charge is 0.0912 e. The maximum absolute atomic E-state index is 8.52. The van der Waals surface area contributed by atoms with Crippen molar-refractivity contribution in [3.63, 3.8) is 0 Å². The number of rotatable bonds is 8. The molecule has 2 aliphatic rings. The summed E-state index contributed by atoms with van der Waals surface area (Å²) in [6.45, 7) is 3.19. The van der Waals surface area contributed by atoms with Crippen molar-refractivity contribution in [1.29, 1.82) is 5.26 Å². The van der Waals surface area contributed by atoms with Crippen LogP contribution >= 0.6 is 0 Å². The molecule has 0 atom stereocenters.